The number of fused-ring (bicyclic) bond motifs is 1. The van der Waals surface area contributed by atoms with Crippen molar-refractivity contribution in [2.75, 3.05) is 17.2 Å². The van der Waals surface area contributed by atoms with Gasteiger partial charge < -0.3 is 15.7 Å². The normalized spacial score (nSPS) is 10.8. The van der Waals surface area contributed by atoms with Gasteiger partial charge in [0.15, 0.2) is 0 Å². The van der Waals surface area contributed by atoms with Crippen LogP contribution in [0, 0.1) is 0 Å². The van der Waals surface area contributed by atoms with Gasteiger partial charge in [-0.05, 0) is 54.3 Å². The second kappa shape index (κ2) is 7.41. The smallest absolute Gasteiger partial charge is 0.229 e. The summed E-state index contributed by atoms with van der Waals surface area (Å²) in [4.78, 5) is 10.6. The number of thiophene rings is 1. The number of aromatic hydroxyl groups is 1. The van der Waals surface area contributed by atoms with Gasteiger partial charge in [0.1, 0.15) is 11.6 Å². The number of hydrogen-bond acceptors (Lipinski definition) is 6. The summed E-state index contributed by atoms with van der Waals surface area (Å²) in [5, 5.41) is 19.1. The second-order valence-corrected chi connectivity index (χ2v) is 6.87. The standard InChI is InChI=1S/C20H18N4OS/c25-15-9-7-14(8-10-15)22-20-23-18-6-2-1-5-17(18)19(24-20)21-12-11-16-4-3-13-26-16/h1-10,13,25H,11-12H2,(H2,21,22,23,24). The molecule has 3 N–H and O–H groups in total. The molecule has 0 unspecified atom stereocenters. The number of anilines is 3. The summed E-state index contributed by atoms with van der Waals surface area (Å²) in [6, 6.07) is 19.0. The molecule has 4 rings (SSSR count). The fourth-order valence-corrected chi connectivity index (χ4v) is 3.41. The van der Waals surface area contributed by atoms with Crippen LogP contribution in [0.1, 0.15) is 4.88 Å². The number of phenolic OH excluding ortho intramolecular Hbond substituents is 1. The van der Waals surface area contributed by atoms with Crippen molar-refractivity contribution >= 4 is 39.7 Å². The molecular weight excluding hydrogens is 344 g/mol. The van der Waals surface area contributed by atoms with Crippen LogP contribution >= 0.6 is 11.3 Å². The molecule has 0 atom stereocenters. The average Bonchev–Trinajstić information content (AvgIpc) is 3.17. The highest BCUT2D eigenvalue weighted by molar-refractivity contribution is 7.09. The van der Waals surface area contributed by atoms with Gasteiger partial charge >= 0.3 is 0 Å². The van der Waals surface area contributed by atoms with E-state index in [2.05, 4.69) is 38.1 Å². The van der Waals surface area contributed by atoms with Gasteiger partial charge in [-0.1, -0.05) is 18.2 Å². The first-order chi connectivity index (χ1) is 12.8. The maximum Gasteiger partial charge on any atom is 0.229 e. The third-order valence-electron chi connectivity index (χ3n) is 3.97. The molecule has 0 bridgehead atoms. The molecule has 0 aliphatic carbocycles. The Morgan fingerprint density at radius 2 is 1.77 bits per heavy atom. The highest BCUT2D eigenvalue weighted by Crippen LogP contribution is 2.24. The Labute approximate surface area is 155 Å². The quantitative estimate of drug-likeness (QED) is 0.430. The molecular formula is C20H18N4OS. The molecule has 2 aromatic carbocycles. The van der Waals surface area contributed by atoms with E-state index in [1.807, 2.05) is 24.3 Å². The van der Waals surface area contributed by atoms with Crippen LogP contribution in [-0.4, -0.2) is 21.6 Å². The maximum atomic E-state index is 9.42. The molecule has 0 spiro atoms. The van der Waals surface area contributed by atoms with Gasteiger partial charge in [0.2, 0.25) is 5.95 Å². The van der Waals surface area contributed by atoms with Gasteiger partial charge in [-0.3, -0.25) is 0 Å². The zero-order valence-electron chi connectivity index (χ0n) is 14.0. The zero-order chi connectivity index (χ0) is 17.8. The number of phenols is 1. The fourth-order valence-electron chi connectivity index (χ4n) is 2.70. The third kappa shape index (κ3) is 3.75. The van der Waals surface area contributed by atoms with Crippen molar-refractivity contribution in [2.24, 2.45) is 0 Å². The molecule has 0 radical (unpaired) electrons. The molecule has 2 aromatic heterocycles. The lowest BCUT2D eigenvalue weighted by atomic mass is 10.2. The van der Waals surface area contributed by atoms with E-state index in [0.717, 1.165) is 35.4 Å². The van der Waals surface area contributed by atoms with Gasteiger partial charge in [0, 0.05) is 22.5 Å². The van der Waals surface area contributed by atoms with Crippen molar-refractivity contribution in [3.8, 4) is 5.75 Å². The minimum absolute atomic E-state index is 0.228. The van der Waals surface area contributed by atoms with Gasteiger partial charge in [-0.15, -0.1) is 11.3 Å². The largest absolute Gasteiger partial charge is 0.508 e. The van der Waals surface area contributed by atoms with Crippen molar-refractivity contribution in [3.05, 3.63) is 70.9 Å². The first-order valence-corrected chi connectivity index (χ1v) is 9.25. The van der Waals surface area contributed by atoms with Crippen LogP contribution in [-0.2, 0) is 6.42 Å². The highest BCUT2D eigenvalue weighted by Gasteiger charge is 2.08. The summed E-state index contributed by atoms with van der Waals surface area (Å²) < 4.78 is 0. The molecule has 6 heteroatoms. The van der Waals surface area contributed by atoms with Crippen LogP contribution in [0.3, 0.4) is 0 Å². The lowest BCUT2D eigenvalue weighted by molar-refractivity contribution is 0.475. The molecule has 130 valence electrons. The molecule has 5 nitrogen and oxygen atoms in total. The van der Waals surface area contributed by atoms with Crippen LogP contribution in [0.5, 0.6) is 5.75 Å². The maximum absolute atomic E-state index is 9.42. The topological polar surface area (TPSA) is 70.1 Å². The Balaban J connectivity index is 1.58. The lowest BCUT2D eigenvalue weighted by Gasteiger charge is -2.11. The third-order valence-corrected chi connectivity index (χ3v) is 4.91. The molecule has 0 fully saturated rings. The molecule has 0 saturated heterocycles. The minimum atomic E-state index is 0.228. The van der Waals surface area contributed by atoms with Crippen LogP contribution in [0.2, 0.25) is 0 Å². The molecule has 2 heterocycles. The van der Waals surface area contributed by atoms with Crippen LogP contribution in [0.25, 0.3) is 10.9 Å². The highest BCUT2D eigenvalue weighted by atomic mass is 32.1. The van der Waals surface area contributed by atoms with Gasteiger partial charge in [-0.25, -0.2) is 4.98 Å². The predicted octanol–water partition coefficient (Wildman–Crippen LogP) is 4.80. The number of para-hydroxylation sites is 1. The fraction of sp³-hybridized carbons (Fsp3) is 0.100. The zero-order valence-corrected chi connectivity index (χ0v) is 14.8. The van der Waals surface area contributed by atoms with E-state index < -0.39 is 0 Å². The SMILES string of the molecule is Oc1ccc(Nc2nc(NCCc3cccs3)c3ccccc3n2)cc1. The van der Waals surface area contributed by atoms with Crippen LogP contribution in [0.4, 0.5) is 17.5 Å². The van der Waals surface area contributed by atoms with Crippen molar-refractivity contribution in [1.29, 1.82) is 0 Å². The monoisotopic (exact) mass is 362 g/mol. The minimum Gasteiger partial charge on any atom is -0.508 e. The Morgan fingerprint density at radius 1 is 0.923 bits per heavy atom. The number of benzene rings is 2. The van der Waals surface area contributed by atoms with E-state index in [-0.39, 0.29) is 5.75 Å². The van der Waals surface area contributed by atoms with E-state index in [1.165, 1.54) is 4.88 Å². The van der Waals surface area contributed by atoms with E-state index in [0.29, 0.717) is 5.95 Å². The first kappa shape index (κ1) is 16.4. The predicted molar refractivity (Wildman–Crippen MR) is 107 cm³/mol. The molecule has 0 aliphatic rings. The lowest BCUT2D eigenvalue weighted by Crippen LogP contribution is -2.08. The van der Waals surface area contributed by atoms with Gasteiger partial charge in [0.05, 0.1) is 5.52 Å². The van der Waals surface area contributed by atoms with E-state index in [4.69, 9.17) is 0 Å². The van der Waals surface area contributed by atoms with Crippen molar-refractivity contribution in [3.63, 3.8) is 0 Å². The summed E-state index contributed by atoms with van der Waals surface area (Å²) in [6.45, 7) is 0.806. The van der Waals surface area contributed by atoms with Gasteiger partial charge in [-0.2, -0.15) is 4.98 Å². The second-order valence-electron chi connectivity index (χ2n) is 5.84. The van der Waals surface area contributed by atoms with E-state index in [1.54, 1.807) is 35.6 Å². The molecule has 0 amide bonds. The Bertz CT molecular complexity index is 1000. The summed E-state index contributed by atoms with van der Waals surface area (Å²) in [7, 11) is 0. The number of hydrogen-bond donors (Lipinski definition) is 3. The Kier molecular flexibility index (Phi) is 4.66. The summed E-state index contributed by atoms with van der Waals surface area (Å²) in [5.74, 6) is 1.56. The number of nitrogens with zero attached hydrogens (tertiary/aromatic N) is 2. The number of rotatable bonds is 6. The number of aromatic nitrogens is 2. The van der Waals surface area contributed by atoms with E-state index in [9.17, 15) is 5.11 Å². The summed E-state index contributed by atoms with van der Waals surface area (Å²) >= 11 is 1.76. The van der Waals surface area contributed by atoms with E-state index >= 15 is 0 Å². The summed E-state index contributed by atoms with van der Waals surface area (Å²) in [5.41, 5.74) is 1.70. The number of nitrogens with one attached hydrogen (secondary N) is 2. The Hall–Kier alpha value is -3.12. The first-order valence-electron chi connectivity index (χ1n) is 8.37. The van der Waals surface area contributed by atoms with Crippen molar-refractivity contribution < 1.29 is 5.11 Å². The van der Waals surface area contributed by atoms with Crippen LogP contribution in [0.15, 0.2) is 66.0 Å². The molecule has 26 heavy (non-hydrogen) atoms. The van der Waals surface area contributed by atoms with Crippen molar-refractivity contribution in [1.82, 2.24) is 9.97 Å². The summed E-state index contributed by atoms with van der Waals surface area (Å²) in [6.07, 6.45) is 0.955. The molecule has 4 aromatic rings. The van der Waals surface area contributed by atoms with Crippen LogP contribution < -0.4 is 10.6 Å². The molecule has 0 saturated carbocycles. The molecule has 0 aliphatic heterocycles. The van der Waals surface area contributed by atoms with Crippen molar-refractivity contribution in [2.45, 2.75) is 6.42 Å². The average molecular weight is 362 g/mol. The Morgan fingerprint density at radius 3 is 2.58 bits per heavy atom. The van der Waals surface area contributed by atoms with Gasteiger partial charge in [0.25, 0.3) is 0 Å².